The maximum absolute atomic E-state index is 5.29. The summed E-state index contributed by atoms with van der Waals surface area (Å²) in [7, 11) is 1.66. The Morgan fingerprint density at radius 2 is 1.58 bits per heavy atom. The van der Waals surface area contributed by atoms with E-state index in [1.165, 1.54) is 5.56 Å². The largest absolute Gasteiger partial charge is 0.497 e. The molecule has 4 aromatic rings. The Balaban J connectivity index is 1.80. The van der Waals surface area contributed by atoms with Gasteiger partial charge in [-0.15, -0.1) is 10.2 Å². The molecule has 3 aromatic carbocycles. The van der Waals surface area contributed by atoms with Gasteiger partial charge in [0.2, 0.25) is 0 Å². The number of fused-ring (bicyclic) bond motifs is 1. The second-order valence-electron chi connectivity index (χ2n) is 6.17. The van der Waals surface area contributed by atoms with Crippen molar-refractivity contribution in [1.82, 2.24) is 10.2 Å². The van der Waals surface area contributed by atoms with Gasteiger partial charge in [-0.25, -0.2) is 0 Å². The third-order valence-electron chi connectivity index (χ3n) is 4.34. The zero-order valence-electron chi connectivity index (χ0n) is 14.7. The molecular formula is C22H19N3O. The minimum absolute atomic E-state index is 0.727. The quantitative estimate of drug-likeness (QED) is 0.543. The molecule has 4 rings (SSSR count). The molecule has 0 unspecified atom stereocenters. The highest BCUT2D eigenvalue weighted by atomic mass is 16.5. The number of nitrogens with zero attached hydrogens (tertiary/aromatic N) is 2. The summed E-state index contributed by atoms with van der Waals surface area (Å²) < 4.78 is 5.29. The molecule has 0 fully saturated rings. The zero-order chi connectivity index (χ0) is 17.9. The van der Waals surface area contributed by atoms with Crippen LogP contribution in [-0.4, -0.2) is 17.3 Å². The highest BCUT2D eigenvalue weighted by Gasteiger charge is 2.11. The highest BCUT2D eigenvalue weighted by molar-refractivity contribution is 6.00. The van der Waals surface area contributed by atoms with E-state index >= 15 is 0 Å². The first-order valence-corrected chi connectivity index (χ1v) is 8.48. The lowest BCUT2D eigenvalue weighted by Crippen LogP contribution is -1.99. The average molecular weight is 341 g/mol. The van der Waals surface area contributed by atoms with Gasteiger partial charge in [0.1, 0.15) is 11.4 Å². The summed E-state index contributed by atoms with van der Waals surface area (Å²) in [5, 5.41) is 14.4. The lowest BCUT2D eigenvalue weighted by atomic mass is 10.0. The third-order valence-corrected chi connectivity index (χ3v) is 4.34. The van der Waals surface area contributed by atoms with Gasteiger partial charge < -0.3 is 10.1 Å². The highest BCUT2D eigenvalue weighted by Crippen LogP contribution is 2.31. The Morgan fingerprint density at radius 1 is 0.808 bits per heavy atom. The second kappa shape index (κ2) is 6.84. The predicted molar refractivity (Wildman–Crippen MR) is 106 cm³/mol. The number of methoxy groups -OCH3 is 1. The predicted octanol–water partition coefficient (Wildman–Crippen LogP) is 5.36. The van der Waals surface area contributed by atoms with Crippen LogP contribution in [0.1, 0.15) is 5.56 Å². The number of rotatable bonds is 4. The molecule has 4 heteroatoms. The van der Waals surface area contributed by atoms with Crippen LogP contribution >= 0.6 is 0 Å². The average Bonchev–Trinajstić information content (AvgIpc) is 2.69. The van der Waals surface area contributed by atoms with Crippen molar-refractivity contribution in [2.75, 3.05) is 12.4 Å². The van der Waals surface area contributed by atoms with E-state index in [0.29, 0.717) is 0 Å². The van der Waals surface area contributed by atoms with Crippen LogP contribution in [0.25, 0.3) is 22.0 Å². The summed E-state index contributed by atoms with van der Waals surface area (Å²) in [6.45, 7) is 2.08. The van der Waals surface area contributed by atoms with E-state index in [0.717, 1.165) is 39.3 Å². The third kappa shape index (κ3) is 3.09. The van der Waals surface area contributed by atoms with Crippen molar-refractivity contribution >= 4 is 22.3 Å². The molecule has 26 heavy (non-hydrogen) atoms. The normalized spacial score (nSPS) is 10.7. The number of aryl methyl sites for hydroxylation is 1. The van der Waals surface area contributed by atoms with E-state index in [1.807, 2.05) is 36.4 Å². The van der Waals surface area contributed by atoms with E-state index in [4.69, 9.17) is 4.74 Å². The fourth-order valence-corrected chi connectivity index (χ4v) is 2.96. The fraction of sp³-hybridized carbons (Fsp3) is 0.0909. The molecule has 0 aliphatic heterocycles. The molecule has 0 aliphatic carbocycles. The Morgan fingerprint density at radius 3 is 2.35 bits per heavy atom. The van der Waals surface area contributed by atoms with Gasteiger partial charge >= 0.3 is 0 Å². The first kappa shape index (κ1) is 16.1. The smallest absolute Gasteiger partial charge is 0.161 e. The molecular weight excluding hydrogens is 322 g/mol. The van der Waals surface area contributed by atoms with Crippen molar-refractivity contribution < 1.29 is 4.74 Å². The Bertz CT molecular complexity index is 1060. The van der Waals surface area contributed by atoms with Crippen molar-refractivity contribution in [1.29, 1.82) is 0 Å². The summed E-state index contributed by atoms with van der Waals surface area (Å²) in [5.41, 5.74) is 4.08. The van der Waals surface area contributed by atoms with Crippen LogP contribution in [0, 0.1) is 6.92 Å². The van der Waals surface area contributed by atoms with Gasteiger partial charge in [0.25, 0.3) is 0 Å². The molecule has 0 radical (unpaired) electrons. The summed E-state index contributed by atoms with van der Waals surface area (Å²) in [4.78, 5) is 0. The maximum atomic E-state index is 5.29. The standard InChI is InChI=1S/C22H19N3O/c1-15-10-12-16(13-11-15)21-19-8-3-4-9-20(19)22(25-24-21)23-17-6-5-7-18(14-17)26-2/h3-14H,1-2H3,(H,23,25). The summed E-state index contributed by atoms with van der Waals surface area (Å²) in [6.07, 6.45) is 0. The number of aromatic nitrogens is 2. The van der Waals surface area contributed by atoms with Gasteiger partial charge in [-0.1, -0.05) is 60.2 Å². The van der Waals surface area contributed by atoms with Crippen LogP contribution in [0.4, 0.5) is 11.5 Å². The molecule has 4 nitrogen and oxygen atoms in total. The Hall–Kier alpha value is -3.40. The second-order valence-corrected chi connectivity index (χ2v) is 6.17. The number of benzene rings is 3. The van der Waals surface area contributed by atoms with E-state index in [2.05, 4.69) is 58.8 Å². The van der Waals surface area contributed by atoms with Gasteiger partial charge in [-0.2, -0.15) is 0 Å². The maximum Gasteiger partial charge on any atom is 0.161 e. The molecule has 0 saturated heterocycles. The number of nitrogens with one attached hydrogen (secondary N) is 1. The lowest BCUT2D eigenvalue weighted by Gasteiger charge is -2.12. The number of ether oxygens (including phenoxy) is 1. The molecule has 1 heterocycles. The SMILES string of the molecule is COc1cccc(Nc2nnc(-c3ccc(C)cc3)c3ccccc23)c1. The van der Waals surface area contributed by atoms with Crippen molar-refractivity contribution in [2.24, 2.45) is 0 Å². The molecule has 128 valence electrons. The van der Waals surface area contributed by atoms with Crippen molar-refractivity contribution in [3.63, 3.8) is 0 Å². The van der Waals surface area contributed by atoms with Crippen molar-refractivity contribution in [2.45, 2.75) is 6.92 Å². The summed E-state index contributed by atoms with van der Waals surface area (Å²) >= 11 is 0. The molecule has 1 N–H and O–H groups in total. The minimum Gasteiger partial charge on any atom is -0.497 e. The van der Waals surface area contributed by atoms with Crippen LogP contribution < -0.4 is 10.1 Å². The molecule has 0 aliphatic rings. The van der Waals surface area contributed by atoms with Crippen LogP contribution in [0.5, 0.6) is 5.75 Å². The molecule has 0 atom stereocenters. The summed E-state index contributed by atoms with van der Waals surface area (Å²) in [5.74, 6) is 1.52. The van der Waals surface area contributed by atoms with Gasteiger partial charge in [0.15, 0.2) is 5.82 Å². The van der Waals surface area contributed by atoms with E-state index in [9.17, 15) is 0 Å². The van der Waals surface area contributed by atoms with Gasteiger partial charge in [0, 0.05) is 28.1 Å². The molecule has 0 amide bonds. The monoisotopic (exact) mass is 341 g/mol. The van der Waals surface area contributed by atoms with Crippen LogP contribution in [0.2, 0.25) is 0 Å². The van der Waals surface area contributed by atoms with Crippen LogP contribution in [0.15, 0.2) is 72.8 Å². The zero-order valence-corrected chi connectivity index (χ0v) is 14.7. The van der Waals surface area contributed by atoms with Gasteiger partial charge in [-0.05, 0) is 19.1 Å². The number of hydrogen-bond donors (Lipinski definition) is 1. The minimum atomic E-state index is 0.727. The van der Waals surface area contributed by atoms with Gasteiger partial charge in [0.05, 0.1) is 7.11 Å². The van der Waals surface area contributed by atoms with Crippen molar-refractivity contribution in [3.05, 3.63) is 78.4 Å². The van der Waals surface area contributed by atoms with E-state index in [1.54, 1.807) is 7.11 Å². The Labute approximate surface area is 152 Å². The van der Waals surface area contributed by atoms with E-state index < -0.39 is 0 Å². The molecule has 1 aromatic heterocycles. The Kier molecular flexibility index (Phi) is 4.23. The molecule has 0 saturated carbocycles. The first-order chi connectivity index (χ1) is 12.7. The van der Waals surface area contributed by atoms with Crippen LogP contribution in [0.3, 0.4) is 0 Å². The van der Waals surface area contributed by atoms with Gasteiger partial charge in [-0.3, -0.25) is 0 Å². The number of anilines is 2. The lowest BCUT2D eigenvalue weighted by molar-refractivity contribution is 0.415. The first-order valence-electron chi connectivity index (χ1n) is 8.48. The fourth-order valence-electron chi connectivity index (χ4n) is 2.96. The van der Waals surface area contributed by atoms with Crippen LogP contribution in [-0.2, 0) is 0 Å². The molecule has 0 bridgehead atoms. The topological polar surface area (TPSA) is 47.0 Å². The number of hydrogen-bond acceptors (Lipinski definition) is 4. The molecule has 0 spiro atoms. The summed E-state index contributed by atoms with van der Waals surface area (Å²) in [6, 6.07) is 24.3. The van der Waals surface area contributed by atoms with Crippen molar-refractivity contribution in [3.8, 4) is 17.0 Å². The van der Waals surface area contributed by atoms with E-state index in [-0.39, 0.29) is 0 Å².